The van der Waals surface area contributed by atoms with Gasteiger partial charge in [0.05, 0.1) is 0 Å². The summed E-state index contributed by atoms with van der Waals surface area (Å²) in [6, 6.07) is 15.8. The standard InChI is InChI=1S/C18H22N2/c1-13-7-9-16(12-19)18(11-13)20-14(2)8-10-15-5-3-4-6-17(15)20/h3-7,9,11,14H,8,10,12,19H2,1-2H3. The fourth-order valence-electron chi connectivity index (χ4n) is 3.13. The monoisotopic (exact) mass is 266 g/mol. The average Bonchev–Trinajstić information content (AvgIpc) is 2.47. The molecular formula is C18H22N2. The molecule has 2 N–H and O–H groups in total. The van der Waals surface area contributed by atoms with Crippen LogP contribution in [0.15, 0.2) is 42.5 Å². The molecule has 1 aliphatic heterocycles. The maximum Gasteiger partial charge on any atom is 0.0461 e. The molecular weight excluding hydrogens is 244 g/mol. The maximum atomic E-state index is 5.95. The Labute approximate surface area is 121 Å². The van der Waals surface area contributed by atoms with Crippen molar-refractivity contribution in [3.63, 3.8) is 0 Å². The number of para-hydroxylation sites is 1. The summed E-state index contributed by atoms with van der Waals surface area (Å²) in [6.07, 6.45) is 2.35. The van der Waals surface area contributed by atoms with Crippen LogP contribution in [0.1, 0.15) is 30.0 Å². The number of hydrogen-bond acceptors (Lipinski definition) is 2. The zero-order valence-electron chi connectivity index (χ0n) is 12.3. The summed E-state index contributed by atoms with van der Waals surface area (Å²) in [5.41, 5.74) is 12.5. The summed E-state index contributed by atoms with van der Waals surface area (Å²) in [4.78, 5) is 2.47. The van der Waals surface area contributed by atoms with Gasteiger partial charge in [-0.05, 0) is 55.5 Å². The van der Waals surface area contributed by atoms with E-state index in [4.69, 9.17) is 5.73 Å². The molecule has 0 saturated heterocycles. The normalized spacial score (nSPS) is 17.9. The van der Waals surface area contributed by atoms with Crippen LogP contribution in [0.25, 0.3) is 0 Å². The van der Waals surface area contributed by atoms with Gasteiger partial charge in [0.15, 0.2) is 0 Å². The molecule has 2 heteroatoms. The molecule has 1 heterocycles. The van der Waals surface area contributed by atoms with Crippen LogP contribution >= 0.6 is 0 Å². The summed E-state index contributed by atoms with van der Waals surface area (Å²) < 4.78 is 0. The summed E-state index contributed by atoms with van der Waals surface area (Å²) in [7, 11) is 0. The van der Waals surface area contributed by atoms with Gasteiger partial charge in [0, 0.05) is 24.0 Å². The van der Waals surface area contributed by atoms with Gasteiger partial charge < -0.3 is 10.6 Å². The molecule has 1 unspecified atom stereocenters. The number of benzene rings is 2. The Morgan fingerprint density at radius 2 is 1.95 bits per heavy atom. The second kappa shape index (κ2) is 5.29. The smallest absolute Gasteiger partial charge is 0.0461 e. The second-order valence-corrected chi connectivity index (χ2v) is 5.72. The topological polar surface area (TPSA) is 29.3 Å². The molecule has 0 radical (unpaired) electrons. The summed E-state index contributed by atoms with van der Waals surface area (Å²) in [5.74, 6) is 0. The molecule has 3 rings (SSSR count). The van der Waals surface area contributed by atoms with E-state index in [1.807, 2.05) is 0 Å². The van der Waals surface area contributed by atoms with Crippen molar-refractivity contribution in [3.8, 4) is 0 Å². The minimum Gasteiger partial charge on any atom is -0.338 e. The largest absolute Gasteiger partial charge is 0.338 e. The summed E-state index contributed by atoms with van der Waals surface area (Å²) in [5, 5.41) is 0. The molecule has 0 spiro atoms. The van der Waals surface area contributed by atoms with Crippen molar-refractivity contribution in [1.29, 1.82) is 0 Å². The molecule has 104 valence electrons. The van der Waals surface area contributed by atoms with E-state index >= 15 is 0 Å². The molecule has 0 amide bonds. The van der Waals surface area contributed by atoms with E-state index in [0.717, 1.165) is 6.42 Å². The molecule has 0 bridgehead atoms. The second-order valence-electron chi connectivity index (χ2n) is 5.72. The van der Waals surface area contributed by atoms with E-state index in [-0.39, 0.29) is 0 Å². The zero-order chi connectivity index (χ0) is 14.1. The first-order valence-electron chi connectivity index (χ1n) is 7.37. The van der Waals surface area contributed by atoms with Crippen LogP contribution in [-0.2, 0) is 13.0 Å². The SMILES string of the molecule is Cc1ccc(CN)c(N2c3ccccc3CCC2C)c1. The zero-order valence-corrected chi connectivity index (χ0v) is 12.3. The Balaban J connectivity index is 2.16. The number of nitrogens with two attached hydrogens (primary N) is 1. The first-order valence-corrected chi connectivity index (χ1v) is 7.37. The number of hydrogen-bond donors (Lipinski definition) is 1. The van der Waals surface area contributed by atoms with Crippen LogP contribution in [0.3, 0.4) is 0 Å². The number of nitrogens with zero attached hydrogens (tertiary/aromatic N) is 1. The molecule has 20 heavy (non-hydrogen) atoms. The Morgan fingerprint density at radius 3 is 2.75 bits per heavy atom. The Morgan fingerprint density at radius 1 is 1.15 bits per heavy atom. The maximum absolute atomic E-state index is 5.95. The van der Waals surface area contributed by atoms with Crippen molar-refractivity contribution in [2.75, 3.05) is 4.90 Å². The van der Waals surface area contributed by atoms with Crippen LogP contribution in [0.2, 0.25) is 0 Å². The van der Waals surface area contributed by atoms with Crippen LogP contribution < -0.4 is 10.6 Å². The predicted molar refractivity (Wildman–Crippen MR) is 85.4 cm³/mol. The van der Waals surface area contributed by atoms with Gasteiger partial charge in [-0.1, -0.05) is 30.3 Å². The number of rotatable bonds is 2. The first-order chi connectivity index (χ1) is 9.70. The van der Waals surface area contributed by atoms with E-state index in [2.05, 4.69) is 61.2 Å². The molecule has 0 saturated carbocycles. The quantitative estimate of drug-likeness (QED) is 0.892. The van der Waals surface area contributed by atoms with Gasteiger partial charge in [-0.3, -0.25) is 0 Å². The third kappa shape index (κ3) is 2.20. The van der Waals surface area contributed by atoms with E-state index in [0.29, 0.717) is 12.6 Å². The van der Waals surface area contributed by atoms with Gasteiger partial charge in [0.2, 0.25) is 0 Å². The minimum absolute atomic E-state index is 0.511. The number of anilines is 2. The highest BCUT2D eigenvalue weighted by Crippen LogP contribution is 2.38. The van der Waals surface area contributed by atoms with E-state index in [9.17, 15) is 0 Å². The Bertz CT molecular complexity index is 619. The molecule has 0 aliphatic carbocycles. The molecule has 2 nitrogen and oxygen atoms in total. The molecule has 2 aromatic rings. The lowest BCUT2D eigenvalue weighted by Gasteiger charge is -2.38. The fraction of sp³-hybridized carbons (Fsp3) is 0.333. The molecule has 0 fully saturated rings. The third-order valence-electron chi connectivity index (χ3n) is 4.24. The van der Waals surface area contributed by atoms with Gasteiger partial charge in [0.1, 0.15) is 0 Å². The van der Waals surface area contributed by atoms with Crippen LogP contribution in [0.5, 0.6) is 0 Å². The molecule has 1 atom stereocenters. The van der Waals surface area contributed by atoms with Crippen molar-refractivity contribution in [1.82, 2.24) is 0 Å². The lowest BCUT2D eigenvalue weighted by Crippen LogP contribution is -2.34. The van der Waals surface area contributed by atoms with Crippen LogP contribution in [0.4, 0.5) is 11.4 Å². The molecule has 2 aromatic carbocycles. The Hall–Kier alpha value is -1.80. The lowest BCUT2D eigenvalue weighted by molar-refractivity contribution is 0.616. The van der Waals surface area contributed by atoms with Crippen molar-refractivity contribution in [2.45, 2.75) is 39.3 Å². The first kappa shape index (κ1) is 13.2. The average molecular weight is 266 g/mol. The number of fused-ring (bicyclic) bond motifs is 1. The summed E-state index contributed by atoms with van der Waals surface area (Å²) >= 11 is 0. The van der Waals surface area contributed by atoms with Crippen LogP contribution in [0, 0.1) is 6.92 Å². The highest BCUT2D eigenvalue weighted by Gasteiger charge is 2.25. The van der Waals surface area contributed by atoms with Crippen molar-refractivity contribution in [2.24, 2.45) is 5.73 Å². The molecule has 1 aliphatic rings. The van der Waals surface area contributed by atoms with Crippen molar-refractivity contribution in [3.05, 3.63) is 59.2 Å². The summed E-state index contributed by atoms with van der Waals surface area (Å²) in [6.45, 7) is 5.03. The van der Waals surface area contributed by atoms with E-state index < -0.39 is 0 Å². The Kier molecular flexibility index (Phi) is 3.49. The highest BCUT2D eigenvalue weighted by molar-refractivity contribution is 5.71. The van der Waals surface area contributed by atoms with E-state index in [1.165, 1.54) is 34.5 Å². The van der Waals surface area contributed by atoms with E-state index in [1.54, 1.807) is 0 Å². The number of aryl methyl sites for hydroxylation is 2. The highest BCUT2D eigenvalue weighted by atomic mass is 15.2. The van der Waals surface area contributed by atoms with Gasteiger partial charge in [-0.15, -0.1) is 0 Å². The van der Waals surface area contributed by atoms with Crippen LogP contribution in [-0.4, -0.2) is 6.04 Å². The van der Waals surface area contributed by atoms with Crippen molar-refractivity contribution >= 4 is 11.4 Å². The van der Waals surface area contributed by atoms with Crippen molar-refractivity contribution < 1.29 is 0 Å². The lowest BCUT2D eigenvalue weighted by atomic mass is 9.94. The minimum atomic E-state index is 0.511. The van der Waals surface area contributed by atoms with Gasteiger partial charge in [-0.2, -0.15) is 0 Å². The molecule has 0 aromatic heterocycles. The van der Waals surface area contributed by atoms with Gasteiger partial charge >= 0.3 is 0 Å². The van der Waals surface area contributed by atoms with Gasteiger partial charge in [0.25, 0.3) is 0 Å². The fourth-order valence-corrected chi connectivity index (χ4v) is 3.13. The van der Waals surface area contributed by atoms with Gasteiger partial charge in [-0.25, -0.2) is 0 Å². The predicted octanol–water partition coefficient (Wildman–Crippen LogP) is 3.93. The third-order valence-corrected chi connectivity index (χ3v) is 4.24.